The number of pyridine rings is 1. The van der Waals surface area contributed by atoms with E-state index in [9.17, 15) is 9.00 Å². The highest BCUT2D eigenvalue weighted by atomic mass is 32.2. The van der Waals surface area contributed by atoms with Gasteiger partial charge in [0.25, 0.3) is 0 Å². The average molecular weight is 486 g/mol. The molecule has 0 saturated heterocycles. The summed E-state index contributed by atoms with van der Waals surface area (Å²) in [6.07, 6.45) is 6.36. The smallest absolute Gasteiger partial charge is 0.233 e. The molecular formula is C26H23N5O3S. The fourth-order valence-electron chi connectivity index (χ4n) is 3.27. The molecule has 35 heavy (non-hydrogen) atoms. The number of ether oxygens (including phenoxy) is 1. The topological polar surface area (TPSA) is 106 Å². The van der Waals surface area contributed by atoms with Gasteiger partial charge in [-0.3, -0.25) is 14.0 Å². The second-order valence-corrected chi connectivity index (χ2v) is 9.08. The quantitative estimate of drug-likeness (QED) is 0.384. The van der Waals surface area contributed by atoms with Gasteiger partial charge in [0.15, 0.2) is 0 Å². The van der Waals surface area contributed by atoms with Crippen molar-refractivity contribution in [2.24, 2.45) is 0 Å². The number of anilines is 2. The minimum absolute atomic E-state index is 0.0277. The Hall–Kier alpha value is -4.29. The molecule has 2 aromatic carbocycles. The van der Waals surface area contributed by atoms with Crippen LogP contribution >= 0.6 is 0 Å². The molecule has 2 N–H and O–H groups in total. The van der Waals surface area contributed by atoms with E-state index in [1.54, 1.807) is 12.4 Å². The number of nitrogens with one attached hydrogen (secondary N) is 2. The summed E-state index contributed by atoms with van der Waals surface area (Å²) >= 11 is 0. The molecule has 0 aliphatic heterocycles. The Labute approximate surface area is 205 Å². The predicted molar refractivity (Wildman–Crippen MR) is 137 cm³/mol. The van der Waals surface area contributed by atoms with Crippen LogP contribution in [0.25, 0.3) is 10.9 Å². The summed E-state index contributed by atoms with van der Waals surface area (Å²) in [4.78, 5) is 24.4. The zero-order valence-electron chi connectivity index (χ0n) is 19.2. The average Bonchev–Trinajstić information content (AvgIpc) is 2.84. The number of carbonyl (C=O) groups is 1. The third-order valence-electron chi connectivity index (χ3n) is 4.88. The lowest BCUT2D eigenvalue weighted by molar-refractivity contribution is -0.118. The Kier molecular flexibility index (Phi) is 7.65. The Bertz CT molecular complexity index is 1450. The summed E-state index contributed by atoms with van der Waals surface area (Å²) in [6.45, 7) is 2.15. The molecule has 0 aliphatic carbocycles. The molecular weight excluding hydrogens is 462 g/mol. The van der Waals surface area contributed by atoms with Gasteiger partial charge in [0, 0.05) is 39.9 Å². The van der Waals surface area contributed by atoms with Gasteiger partial charge in [-0.05, 0) is 61.0 Å². The standard InChI is InChI=1S/C26H23N5O3S/c1-18-13-20(8-10-24(18)34-21-6-4-11-27-15-21)31-26-22-14-19(7-9-23(22)29-17-30-26)5-3-12-28-25(32)16-35(2)33/h4,6-11,13-15,17H,12,16H2,1-2H3,(H,28,32)(H,29,30,31). The minimum Gasteiger partial charge on any atom is -0.455 e. The molecule has 0 fully saturated rings. The van der Waals surface area contributed by atoms with Gasteiger partial charge in [0.05, 0.1) is 18.3 Å². The molecule has 4 rings (SSSR count). The van der Waals surface area contributed by atoms with Gasteiger partial charge in [-0.2, -0.15) is 0 Å². The van der Waals surface area contributed by atoms with Gasteiger partial charge < -0.3 is 15.4 Å². The molecule has 2 heterocycles. The second kappa shape index (κ2) is 11.2. The maximum Gasteiger partial charge on any atom is 0.233 e. The number of rotatable bonds is 7. The number of aryl methyl sites for hydroxylation is 1. The van der Waals surface area contributed by atoms with Crippen LogP contribution in [0.2, 0.25) is 0 Å². The molecule has 2 aromatic heterocycles. The number of carbonyl (C=O) groups excluding carboxylic acids is 1. The van der Waals surface area contributed by atoms with Crippen LogP contribution in [0.1, 0.15) is 11.1 Å². The minimum atomic E-state index is -1.18. The zero-order valence-corrected chi connectivity index (χ0v) is 20.1. The normalized spacial score (nSPS) is 11.3. The Morgan fingerprint density at radius 3 is 2.80 bits per heavy atom. The lowest BCUT2D eigenvalue weighted by Crippen LogP contribution is -2.28. The number of amides is 1. The lowest BCUT2D eigenvalue weighted by atomic mass is 10.1. The van der Waals surface area contributed by atoms with Crippen LogP contribution in [0.4, 0.5) is 11.5 Å². The van der Waals surface area contributed by atoms with Crippen LogP contribution in [-0.2, 0) is 15.6 Å². The van der Waals surface area contributed by atoms with Crippen LogP contribution < -0.4 is 15.4 Å². The van der Waals surface area contributed by atoms with Crippen molar-refractivity contribution in [2.75, 3.05) is 23.9 Å². The summed E-state index contributed by atoms with van der Waals surface area (Å²) in [5.41, 5.74) is 3.35. The summed E-state index contributed by atoms with van der Waals surface area (Å²) in [7, 11) is -1.18. The van der Waals surface area contributed by atoms with Crippen molar-refractivity contribution in [2.45, 2.75) is 6.92 Å². The van der Waals surface area contributed by atoms with E-state index in [4.69, 9.17) is 4.74 Å². The molecule has 1 unspecified atom stereocenters. The van der Waals surface area contributed by atoms with Crippen LogP contribution in [0.5, 0.6) is 11.5 Å². The van der Waals surface area contributed by atoms with Crippen molar-refractivity contribution < 1.29 is 13.7 Å². The van der Waals surface area contributed by atoms with Gasteiger partial charge in [0.1, 0.15) is 29.4 Å². The van der Waals surface area contributed by atoms with E-state index in [-0.39, 0.29) is 18.2 Å². The number of hydrogen-bond donors (Lipinski definition) is 2. The molecule has 1 atom stereocenters. The third kappa shape index (κ3) is 6.62. The van der Waals surface area contributed by atoms with E-state index in [0.717, 1.165) is 33.5 Å². The van der Waals surface area contributed by atoms with Crippen molar-refractivity contribution in [3.05, 3.63) is 78.4 Å². The van der Waals surface area contributed by atoms with E-state index < -0.39 is 10.8 Å². The molecule has 0 bridgehead atoms. The first-order valence-electron chi connectivity index (χ1n) is 10.7. The highest BCUT2D eigenvalue weighted by Gasteiger charge is 2.08. The first-order chi connectivity index (χ1) is 17.0. The first-order valence-corrected chi connectivity index (χ1v) is 12.5. The molecule has 176 valence electrons. The monoisotopic (exact) mass is 485 g/mol. The molecule has 0 aliphatic rings. The molecule has 4 aromatic rings. The highest BCUT2D eigenvalue weighted by Crippen LogP contribution is 2.29. The van der Waals surface area contributed by atoms with Crippen molar-refractivity contribution in [3.63, 3.8) is 0 Å². The first kappa shape index (κ1) is 23.9. The van der Waals surface area contributed by atoms with Crippen molar-refractivity contribution in [1.29, 1.82) is 0 Å². The number of fused-ring (bicyclic) bond motifs is 1. The van der Waals surface area contributed by atoms with Gasteiger partial charge in [-0.25, -0.2) is 9.97 Å². The summed E-state index contributed by atoms with van der Waals surface area (Å²) in [5.74, 6) is 7.69. The Balaban J connectivity index is 1.50. The van der Waals surface area contributed by atoms with Gasteiger partial charge in [0.2, 0.25) is 5.91 Å². The van der Waals surface area contributed by atoms with Crippen LogP contribution in [0.15, 0.2) is 67.3 Å². The highest BCUT2D eigenvalue weighted by molar-refractivity contribution is 7.85. The molecule has 9 heteroatoms. The largest absolute Gasteiger partial charge is 0.455 e. The number of aromatic nitrogens is 3. The van der Waals surface area contributed by atoms with Crippen LogP contribution in [0, 0.1) is 18.8 Å². The SMILES string of the molecule is Cc1cc(Nc2ncnc3ccc(C#CCNC(=O)CS(C)=O)cc23)ccc1Oc1cccnc1. The fourth-order valence-corrected chi connectivity index (χ4v) is 3.74. The summed E-state index contributed by atoms with van der Waals surface area (Å²) in [6, 6.07) is 15.1. The van der Waals surface area contributed by atoms with Gasteiger partial charge >= 0.3 is 0 Å². The molecule has 0 spiro atoms. The zero-order chi connectivity index (χ0) is 24.6. The number of benzene rings is 2. The van der Waals surface area contributed by atoms with Crippen molar-refractivity contribution >= 4 is 39.1 Å². The molecule has 8 nitrogen and oxygen atoms in total. The second-order valence-electron chi connectivity index (χ2n) is 7.65. The third-order valence-corrected chi connectivity index (χ3v) is 5.54. The van der Waals surface area contributed by atoms with Crippen molar-refractivity contribution in [1.82, 2.24) is 20.3 Å². The Morgan fingerprint density at radius 2 is 2.03 bits per heavy atom. The lowest BCUT2D eigenvalue weighted by Gasteiger charge is -2.12. The van der Waals surface area contributed by atoms with E-state index in [1.807, 2.05) is 55.5 Å². The van der Waals surface area contributed by atoms with E-state index >= 15 is 0 Å². The maximum absolute atomic E-state index is 11.6. The van der Waals surface area contributed by atoms with Crippen LogP contribution in [-0.4, -0.2) is 43.6 Å². The van der Waals surface area contributed by atoms with Gasteiger partial charge in [-0.1, -0.05) is 11.8 Å². The predicted octanol–water partition coefficient (Wildman–Crippen LogP) is 3.72. The number of nitrogens with zero attached hydrogens (tertiary/aromatic N) is 3. The molecule has 1 amide bonds. The Morgan fingerprint density at radius 1 is 1.14 bits per heavy atom. The van der Waals surface area contributed by atoms with E-state index in [2.05, 4.69) is 37.4 Å². The fraction of sp³-hybridized carbons (Fsp3) is 0.154. The van der Waals surface area contributed by atoms with E-state index in [1.165, 1.54) is 12.6 Å². The summed E-state index contributed by atoms with van der Waals surface area (Å²) in [5, 5.41) is 6.81. The summed E-state index contributed by atoms with van der Waals surface area (Å²) < 4.78 is 17.0. The molecule has 0 radical (unpaired) electrons. The maximum atomic E-state index is 11.6. The number of hydrogen-bond acceptors (Lipinski definition) is 7. The van der Waals surface area contributed by atoms with Gasteiger partial charge in [-0.15, -0.1) is 0 Å². The van der Waals surface area contributed by atoms with Crippen molar-refractivity contribution in [3.8, 4) is 23.3 Å². The molecule has 0 saturated carbocycles. The van der Waals surface area contributed by atoms with Crippen LogP contribution in [0.3, 0.4) is 0 Å². The van der Waals surface area contributed by atoms with E-state index in [0.29, 0.717) is 11.6 Å².